The van der Waals surface area contributed by atoms with Crippen molar-refractivity contribution in [3.63, 3.8) is 0 Å². The number of rotatable bonds is 7. The van der Waals surface area contributed by atoms with Gasteiger partial charge in [-0.1, -0.05) is 0 Å². The minimum Gasteiger partial charge on any atom is -0.397 e. The normalized spacial score (nSPS) is 19.9. The first-order valence-corrected chi connectivity index (χ1v) is 11.8. The van der Waals surface area contributed by atoms with Crippen LogP contribution in [-0.4, -0.2) is 59.2 Å². The van der Waals surface area contributed by atoms with Crippen LogP contribution in [0, 0.1) is 5.92 Å². The van der Waals surface area contributed by atoms with E-state index in [1.54, 1.807) is 25.1 Å². The molecule has 1 amide bonds. The number of carbonyl (C=O) groups excluding carboxylic acids is 1. The lowest BCUT2D eigenvalue weighted by Gasteiger charge is -2.31. The average Bonchev–Trinajstić information content (AvgIpc) is 2.65. The third-order valence-corrected chi connectivity index (χ3v) is 6.34. The van der Waals surface area contributed by atoms with E-state index in [1.807, 2.05) is 0 Å². The molecule has 1 fully saturated rings. The molecule has 0 atom stereocenters. The number of alkyl halides is 3. The van der Waals surface area contributed by atoms with Crippen molar-refractivity contribution in [2.24, 2.45) is 5.92 Å². The number of halogens is 3. The summed E-state index contributed by atoms with van der Waals surface area (Å²) in [4.78, 5) is 14.6. The first kappa shape index (κ1) is 24.1. The standard InChI is InChI=1S/C19H29F3N4O3S/c1-24-16-11-17(26(2)8-9-30(3,28)29)14(10-15(16)23)18(27)25-13-6-4-12(5-7-13)19(20,21)22/h10-13,24H,4-9,23H2,1-3H3,(H,25,27). The molecule has 1 aromatic carbocycles. The van der Waals surface area contributed by atoms with Gasteiger partial charge in [0, 0.05) is 32.9 Å². The number of amides is 1. The fraction of sp³-hybridized carbons (Fsp3) is 0.632. The minimum absolute atomic E-state index is 0.0175. The third-order valence-electron chi connectivity index (χ3n) is 5.42. The lowest BCUT2D eigenvalue weighted by Crippen LogP contribution is -2.40. The maximum atomic E-state index is 12.9. The van der Waals surface area contributed by atoms with Gasteiger partial charge in [-0.05, 0) is 37.8 Å². The van der Waals surface area contributed by atoms with Gasteiger partial charge in [0.05, 0.1) is 34.3 Å². The molecule has 0 aromatic heterocycles. The number of hydrogen-bond donors (Lipinski definition) is 3. The van der Waals surface area contributed by atoms with Crippen LogP contribution in [0.3, 0.4) is 0 Å². The average molecular weight is 451 g/mol. The van der Waals surface area contributed by atoms with Crippen molar-refractivity contribution in [1.29, 1.82) is 0 Å². The molecular weight excluding hydrogens is 421 g/mol. The summed E-state index contributed by atoms with van der Waals surface area (Å²) in [5, 5.41) is 5.73. The van der Waals surface area contributed by atoms with E-state index in [2.05, 4.69) is 10.6 Å². The zero-order valence-corrected chi connectivity index (χ0v) is 18.2. The number of sulfone groups is 1. The molecule has 0 aliphatic heterocycles. The summed E-state index contributed by atoms with van der Waals surface area (Å²) in [6.07, 6.45) is -2.61. The highest BCUT2D eigenvalue weighted by Crippen LogP contribution is 2.37. The predicted molar refractivity (Wildman–Crippen MR) is 113 cm³/mol. The molecule has 1 saturated carbocycles. The van der Waals surface area contributed by atoms with Crippen molar-refractivity contribution in [3.05, 3.63) is 17.7 Å². The van der Waals surface area contributed by atoms with Gasteiger partial charge in [0.25, 0.3) is 5.91 Å². The fourth-order valence-corrected chi connectivity index (χ4v) is 4.18. The number of carbonyl (C=O) groups is 1. The van der Waals surface area contributed by atoms with Crippen LogP contribution < -0.4 is 21.3 Å². The number of anilines is 3. The molecule has 0 radical (unpaired) electrons. The van der Waals surface area contributed by atoms with Gasteiger partial charge in [0.2, 0.25) is 0 Å². The second-order valence-electron chi connectivity index (χ2n) is 7.82. The monoisotopic (exact) mass is 450 g/mol. The van der Waals surface area contributed by atoms with Gasteiger partial charge in [-0.3, -0.25) is 4.79 Å². The van der Waals surface area contributed by atoms with E-state index in [9.17, 15) is 26.4 Å². The van der Waals surface area contributed by atoms with E-state index in [-0.39, 0.29) is 49.6 Å². The Labute approximate surface area is 175 Å². The lowest BCUT2D eigenvalue weighted by molar-refractivity contribution is -0.182. The molecule has 11 heteroatoms. The second-order valence-corrected chi connectivity index (χ2v) is 10.1. The SMILES string of the molecule is CNc1cc(N(C)CCS(C)(=O)=O)c(C(=O)NC2CCC(C(F)(F)F)CC2)cc1N. The summed E-state index contributed by atoms with van der Waals surface area (Å²) in [6, 6.07) is 2.80. The van der Waals surface area contributed by atoms with Crippen molar-refractivity contribution in [2.75, 3.05) is 48.6 Å². The van der Waals surface area contributed by atoms with Gasteiger partial charge < -0.3 is 21.3 Å². The summed E-state index contributed by atoms with van der Waals surface area (Å²) in [6.45, 7) is 0.170. The van der Waals surface area contributed by atoms with Gasteiger partial charge >= 0.3 is 6.18 Å². The molecule has 1 aliphatic rings. The topological polar surface area (TPSA) is 105 Å². The Hall–Kier alpha value is -2.17. The minimum atomic E-state index is -4.21. The van der Waals surface area contributed by atoms with Crippen molar-refractivity contribution >= 4 is 32.8 Å². The number of hydrogen-bond acceptors (Lipinski definition) is 6. The molecule has 30 heavy (non-hydrogen) atoms. The Kier molecular flexibility index (Phi) is 7.49. The summed E-state index contributed by atoms with van der Waals surface area (Å²) in [7, 11) is 0.141. The molecule has 2 rings (SSSR count). The van der Waals surface area contributed by atoms with Crippen LogP contribution in [0.25, 0.3) is 0 Å². The first-order chi connectivity index (χ1) is 13.8. The quantitative estimate of drug-likeness (QED) is 0.552. The summed E-state index contributed by atoms with van der Waals surface area (Å²) in [5.74, 6) is -1.86. The van der Waals surface area contributed by atoms with Crippen LogP contribution in [0.5, 0.6) is 0 Å². The molecule has 170 valence electrons. The van der Waals surface area contributed by atoms with Crippen molar-refractivity contribution in [1.82, 2.24) is 5.32 Å². The van der Waals surface area contributed by atoms with Crippen LogP contribution >= 0.6 is 0 Å². The highest BCUT2D eigenvalue weighted by Gasteiger charge is 2.41. The van der Waals surface area contributed by atoms with Gasteiger partial charge in [0.15, 0.2) is 0 Å². The van der Waals surface area contributed by atoms with Gasteiger partial charge in [0.1, 0.15) is 9.84 Å². The zero-order chi connectivity index (χ0) is 22.7. The van der Waals surface area contributed by atoms with Gasteiger partial charge in [-0.2, -0.15) is 13.2 Å². The van der Waals surface area contributed by atoms with E-state index in [0.29, 0.717) is 17.1 Å². The third kappa shape index (κ3) is 6.41. The molecule has 0 unspecified atom stereocenters. The van der Waals surface area contributed by atoms with Crippen LogP contribution in [-0.2, 0) is 9.84 Å². The molecule has 0 heterocycles. The summed E-state index contributed by atoms with van der Waals surface area (Å²) in [5.41, 5.74) is 7.65. The van der Waals surface area contributed by atoms with Gasteiger partial charge in [-0.15, -0.1) is 0 Å². The van der Waals surface area contributed by atoms with Crippen LogP contribution in [0.4, 0.5) is 30.2 Å². The molecule has 0 saturated heterocycles. The van der Waals surface area contributed by atoms with Crippen molar-refractivity contribution in [3.8, 4) is 0 Å². The molecule has 0 bridgehead atoms. The maximum absolute atomic E-state index is 12.9. The van der Waals surface area contributed by atoms with Crippen molar-refractivity contribution in [2.45, 2.75) is 37.9 Å². The predicted octanol–water partition coefficient (Wildman–Crippen LogP) is 2.64. The number of benzene rings is 1. The zero-order valence-electron chi connectivity index (χ0n) is 17.3. The number of nitrogen functional groups attached to an aromatic ring is 1. The number of nitrogens with two attached hydrogens (primary N) is 1. The maximum Gasteiger partial charge on any atom is 0.391 e. The molecule has 1 aliphatic carbocycles. The smallest absolute Gasteiger partial charge is 0.391 e. The largest absolute Gasteiger partial charge is 0.397 e. The van der Waals surface area contributed by atoms with Crippen LogP contribution in [0.2, 0.25) is 0 Å². The Morgan fingerprint density at radius 1 is 1.23 bits per heavy atom. The van der Waals surface area contributed by atoms with E-state index in [4.69, 9.17) is 5.73 Å². The summed E-state index contributed by atoms with van der Waals surface area (Å²) < 4.78 is 61.6. The number of nitrogens with one attached hydrogen (secondary N) is 2. The van der Waals surface area contributed by atoms with Crippen LogP contribution in [0.1, 0.15) is 36.0 Å². The Bertz CT molecular complexity index is 867. The number of nitrogens with zero attached hydrogens (tertiary/aromatic N) is 1. The highest BCUT2D eigenvalue weighted by molar-refractivity contribution is 7.90. The summed E-state index contributed by atoms with van der Waals surface area (Å²) >= 11 is 0. The molecular formula is C19H29F3N4O3S. The van der Waals surface area contributed by atoms with E-state index >= 15 is 0 Å². The fourth-order valence-electron chi connectivity index (χ4n) is 3.57. The lowest BCUT2D eigenvalue weighted by atomic mass is 9.85. The Morgan fingerprint density at radius 2 is 1.83 bits per heavy atom. The van der Waals surface area contributed by atoms with Crippen LogP contribution in [0.15, 0.2) is 12.1 Å². The van der Waals surface area contributed by atoms with E-state index in [1.165, 1.54) is 6.07 Å². The van der Waals surface area contributed by atoms with Gasteiger partial charge in [-0.25, -0.2) is 8.42 Å². The molecule has 1 aromatic rings. The van der Waals surface area contributed by atoms with Crippen molar-refractivity contribution < 1.29 is 26.4 Å². The molecule has 4 N–H and O–H groups in total. The highest BCUT2D eigenvalue weighted by atomic mass is 32.2. The Morgan fingerprint density at radius 3 is 2.33 bits per heavy atom. The van der Waals surface area contributed by atoms with E-state index in [0.717, 1.165) is 6.26 Å². The first-order valence-electron chi connectivity index (χ1n) is 9.69. The Balaban J connectivity index is 2.18. The van der Waals surface area contributed by atoms with E-state index < -0.39 is 27.8 Å². The molecule has 7 nitrogen and oxygen atoms in total. The second kappa shape index (κ2) is 9.32. The molecule has 0 spiro atoms.